The van der Waals surface area contributed by atoms with E-state index in [2.05, 4.69) is 18.4 Å². The molecular weight excluding hydrogens is 231 g/mol. The van der Waals surface area contributed by atoms with Gasteiger partial charge in [-0.1, -0.05) is 78.1 Å². The Labute approximate surface area is 110 Å². The van der Waals surface area contributed by atoms with Crippen molar-refractivity contribution in [3.05, 3.63) is 0 Å². The summed E-state index contributed by atoms with van der Waals surface area (Å²) in [5.41, 5.74) is 0. The molecule has 0 radical (unpaired) electrons. The average Bonchev–Trinajstić information content (AvgIpc) is 2.34. The summed E-state index contributed by atoms with van der Waals surface area (Å²) in [5.74, 6) is 0. The second-order valence-electron chi connectivity index (χ2n) is 4.32. The molecule has 2 nitrogen and oxygen atoms in total. The van der Waals surface area contributed by atoms with Crippen LogP contribution in [0.1, 0.15) is 85.0 Å². The van der Waals surface area contributed by atoms with E-state index in [0.717, 1.165) is 0 Å². The second-order valence-corrected chi connectivity index (χ2v) is 4.73. The number of hydrogen-bond donors (Lipinski definition) is 0. The van der Waals surface area contributed by atoms with E-state index in [0.29, 0.717) is 6.61 Å². The van der Waals surface area contributed by atoms with Crippen LogP contribution in [-0.4, -0.2) is 6.61 Å². The van der Waals surface area contributed by atoms with Gasteiger partial charge in [-0.25, -0.2) is 4.57 Å². The molecule has 0 spiro atoms. The second kappa shape index (κ2) is 21.4. The minimum absolute atomic E-state index is 0.220. The molecule has 17 heavy (non-hydrogen) atoms. The van der Waals surface area contributed by atoms with E-state index in [9.17, 15) is 4.57 Å². The van der Waals surface area contributed by atoms with E-state index in [1.807, 2.05) is 0 Å². The van der Waals surface area contributed by atoms with Crippen molar-refractivity contribution in [1.29, 1.82) is 0 Å². The van der Waals surface area contributed by atoms with Crippen molar-refractivity contribution in [2.75, 3.05) is 6.61 Å². The maximum atomic E-state index is 9.28. The maximum absolute atomic E-state index is 9.28. The van der Waals surface area contributed by atoms with Gasteiger partial charge in [0, 0.05) is 0 Å². The third-order valence-electron chi connectivity index (χ3n) is 2.64. The summed E-state index contributed by atoms with van der Waals surface area (Å²) >= 11 is 0. The lowest BCUT2D eigenvalue weighted by atomic mass is 10.1. The highest BCUT2D eigenvalue weighted by Crippen LogP contribution is 2.09. The van der Waals surface area contributed by atoms with Gasteiger partial charge >= 0.3 is 8.69 Å². The van der Waals surface area contributed by atoms with Gasteiger partial charge in [-0.15, -0.1) is 0 Å². The fourth-order valence-corrected chi connectivity index (χ4v) is 1.72. The van der Waals surface area contributed by atoms with Gasteiger partial charge in [0.25, 0.3) is 0 Å². The maximum Gasteiger partial charge on any atom is 0.327 e. The molecule has 0 saturated carbocycles. The molecule has 0 aromatic carbocycles. The minimum atomic E-state index is -0.220. The third kappa shape index (κ3) is 26.0. The highest BCUT2D eigenvalue weighted by Gasteiger charge is 1.90. The molecule has 0 aromatic heterocycles. The Kier molecular flexibility index (Phi) is 24.4. The van der Waals surface area contributed by atoms with Gasteiger partial charge in [-0.3, -0.25) is 4.52 Å². The van der Waals surface area contributed by atoms with Gasteiger partial charge in [0.05, 0.1) is 6.61 Å². The van der Waals surface area contributed by atoms with E-state index in [-0.39, 0.29) is 8.69 Å². The van der Waals surface area contributed by atoms with Crippen molar-refractivity contribution >= 4 is 8.69 Å². The van der Waals surface area contributed by atoms with Gasteiger partial charge in [0.1, 0.15) is 0 Å². The Balaban J connectivity index is 0. The van der Waals surface area contributed by atoms with Crippen LogP contribution in [0.2, 0.25) is 0 Å². The molecule has 0 saturated heterocycles. The van der Waals surface area contributed by atoms with Gasteiger partial charge in [0.2, 0.25) is 0 Å². The van der Waals surface area contributed by atoms with Crippen molar-refractivity contribution in [3.8, 4) is 0 Å². The molecule has 104 valence electrons. The Morgan fingerprint density at radius 3 is 1.24 bits per heavy atom. The van der Waals surface area contributed by atoms with Gasteiger partial charge in [-0.05, 0) is 6.92 Å². The third-order valence-corrected chi connectivity index (χ3v) is 3.00. The fourth-order valence-electron chi connectivity index (χ4n) is 1.61. The highest BCUT2D eigenvalue weighted by atomic mass is 31.1. The predicted octanol–water partition coefficient (Wildman–Crippen LogP) is 6.16. The zero-order valence-corrected chi connectivity index (χ0v) is 12.9. The van der Waals surface area contributed by atoms with Gasteiger partial charge in [-0.2, -0.15) is 0 Å². The Morgan fingerprint density at radius 1 is 0.706 bits per heavy atom. The smallest absolute Gasteiger partial charge is 0.295 e. The molecule has 0 aliphatic rings. The lowest BCUT2D eigenvalue weighted by Crippen LogP contribution is -1.80. The number of hydrogen-bond acceptors (Lipinski definition) is 2. The van der Waals surface area contributed by atoms with Gasteiger partial charge < -0.3 is 0 Å². The van der Waals surface area contributed by atoms with Crippen molar-refractivity contribution in [2.45, 2.75) is 85.0 Å². The van der Waals surface area contributed by atoms with Crippen LogP contribution in [0, 0.1) is 0 Å². The van der Waals surface area contributed by atoms with Crippen LogP contribution in [0.4, 0.5) is 0 Å². The van der Waals surface area contributed by atoms with Crippen LogP contribution >= 0.6 is 8.69 Å². The zero-order valence-electron chi connectivity index (χ0n) is 12.0. The molecule has 0 heterocycles. The molecule has 0 bridgehead atoms. The average molecular weight is 262 g/mol. The van der Waals surface area contributed by atoms with Crippen LogP contribution < -0.4 is 0 Å². The first-order valence-corrected chi connectivity index (χ1v) is 8.01. The largest absolute Gasteiger partial charge is 0.327 e. The fraction of sp³-hybridized carbons (Fsp3) is 1.00. The first-order valence-electron chi connectivity index (χ1n) is 7.28. The summed E-state index contributed by atoms with van der Waals surface area (Å²) in [6, 6.07) is 0. The van der Waals surface area contributed by atoms with Crippen LogP contribution in [0.25, 0.3) is 0 Å². The summed E-state index contributed by atoms with van der Waals surface area (Å²) < 4.78 is 13.5. The first-order chi connectivity index (χ1) is 8.33. The normalized spacial score (nSPS) is 10.1. The molecule has 0 aliphatic carbocycles. The van der Waals surface area contributed by atoms with Crippen molar-refractivity contribution in [1.82, 2.24) is 0 Å². The van der Waals surface area contributed by atoms with Gasteiger partial charge in [0.15, 0.2) is 0 Å². The summed E-state index contributed by atoms with van der Waals surface area (Å²) in [7, 11) is -0.220. The molecule has 0 aromatic rings. The quantitative estimate of drug-likeness (QED) is 0.329. The van der Waals surface area contributed by atoms with E-state index in [1.165, 1.54) is 64.2 Å². The van der Waals surface area contributed by atoms with Crippen molar-refractivity contribution in [3.63, 3.8) is 0 Å². The van der Waals surface area contributed by atoms with Crippen LogP contribution in [0.15, 0.2) is 0 Å². The lowest BCUT2D eigenvalue weighted by Gasteiger charge is -1.99. The molecule has 0 rings (SSSR count). The first kappa shape index (κ1) is 19.4. The Morgan fingerprint density at radius 2 is 1.06 bits per heavy atom. The number of unbranched alkanes of at least 4 members (excludes halogenated alkanes) is 9. The summed E-state index contributed by atoms with van der Waals surface area (Å²) in [6.07, 6.45) is 14.4. The molecule has 0 atom stereocenters. The van der Waals surface area contributed by atoms with Crippen LogP contribution in [0.3, 0.4) is 0 Å². The molecule has 3 heteroatoms. The SMILES string of the molecule is CCCCCCCCCCCC.CCOP=O. The van der Waals surface area contributed by atoms with E-state index in [4.69, 9.17) is 0 Å². The molecule has 0 N–H and O–H groups in total. The highest BCUT2D eigenvalue weighted by molar-refractivity contribution is 7.17. The molecule has 0 unspecified atom stereocenters. The Hall–Kier alpha value is 0.0600. The predicted molar refractivity (Wildman–Crippen MR) is 76.8 cm³/mol. The molecule has 0 aliphatic heterocycles. The van der Waals surface area contributed by atoms with Crippen molar-refractivity contribution in [2.24, 2.45) is 0 Å². The number of rotatable bonds is 11. The summed E-state index contributed by atoms with van der Waals surface area (Å²) in [5, 5.41) is 0. The van der Waals surface area contributed by atoms with Crippen LogP contribution in [-0.2, 0) is 9.09 Å². The van der Waals surface area contributed by atoms with Crippen LogP contribution in [0.5, 0.6) is 0 Å². The summed E-state index contributed by atoms with van der Waals surface area (Å²) in [4.78, 5) is 0. The minimum Gasteiger partial charge on any atom is -0.295 e. The van der Waals surface area contributed by atoms with E-state index in [1.54, 1.807) is 6.92 Å². The molecule has 0 amide bonds. The molecule has 0 fully saturated rings. The zero-order chi connectivity index (χ0) is 13.2. The lowest BCUT2D eigenvalue weighted by molar-refractivity contribution is 0.365. The van der Waals surface area contributed by atoms with E-state index >= 15 is 0 Å². The topological polar surface area (TPSA) is 26.3 Å². The monoisotopic (exact) mass is 262 g/mol. The summed E-state index contributed by atoms with van der Waals surface area (Å²) in [6.45, 7) is 6.86. The Bertz CT molecular complexity index is 119. The van der Waals surface area contributed by atoms with Crippen molar-refractivity contribution < 1.29 is 9.09 Å². The standard InChI is InChI=1S/C12H26.C2H5O2P/c1-3-5-7-9-11-12-10-8-6-4-2;1-2-4-5-3/h3-12H2,1-2H3;2H2,1H3. The van der Waals surface area contributed by atoms with E-state index < -0.39 is 0 Å². The molecular formula is C14H31O2P.